The van der Waals surface area contributed by atoms with Gasteiger partial charge in [0.25, 0.3) is 5.91 Å². The van der Waals surface area contributed by atoms with Crippen LogP contribution in [0.25, 0.3) is 0 Å². The molecule has 1 saturated carbocycles. The fourth-order valence-corrected chi connectivity index (χ4v) is 3.14. The predicted molar refractivity (Wildman–Crippen MR) is 77.8 cm³/mol. The number of hydrogen-bond donors (Lipinski definition) is 3. The second-order valence-electron chi connectivity index (χ2n) is 5.94. The monoisotopic (exact) mass is 277 g/mol. The molecule has 1 aromatic carbocycles. The average Bonchev–Trinajstić information content (AvgIpc) is 2.38. The number of hydrogen-bond acceptors (Lipinski definition) is 3. The van der Waals surface area contributed by atoms with Crippen LogP contribution in [-0.2, 0) is 0 Å². The van der Waals surface area contributed by atoms with Gasteiger partial charge in [-0.05, 0) is 36.8 Å². The van der Waals surface area contributed by atoms with E-state index in [0.29, 0.717) is 11.8 Å². The van der Waals surface area contributed by atoms with Crippen molar-refractivity contribution in [1.82, 2.24) is 5.32 Å². The van der Waals surface area contributed by atoms with E-state index in [1.807, 2.05) is 0 Å². The molecule has 110 valence electrons. The third kappa shape index (κ3) is 3.06. The predicted octanol–water partition coefficient (Wildman–Crippen LogP) is 3.04. The van der Waals surface area contributed by atoms with Gasteiger partial charge in [-0.25, -0.2) is 0 Å². The number of benzene rings is 1. The SMILES string of the molecule is CC(C)C1CCCCC1NC(=O)c1c(O)cccc1O. The summed E-state index contributed by atoms with van der Waals surface area (Å²) in [6.45, 7) is 4.35. The molecule has 0 aliphatic heterocycles. The first-order valence-corrected chi connectivity index (χ1v) is 7.32. The van der Waals surface area contributed by atoms with Gasteiger partial charge in [-0.3, -0.25) is 4.79 Å². The molecule has 2 rings (SSSR count). The highest BCUT2D eigenvalue weighted by molar-refractivity contribution is 5.99. The maximum atomic E-state index is 12.3. The lowest BCUT2D eigenvalue weighted by Crippen LogP contribution is -2.44. The van der Waals surface area contributed by atoms with Crippen molar-refractivity contribution in [1.29, 1.82) is 0 Å². The minimum absolute atomic E-state index is 0.0272. The lowest BCUT2D eigenvalue weighted by Gasteiger charge is -2.35. The molecule has 3 N–H and O–H groups in total. The number of rotatable bonds is 3. The Kier molecular flexibility index (Phi) is 4.53. The Labute approximate surface area is 119 Å². The van der Waals surface area contributed by atoms with E-state index in [2.05, 4.69) is 19.2 Å². The molecule has 0 spiro atoms. The summed E-state index contributed by atoms with van der Waals surface area (Å²) in [6.07, 6.45) is 4.40. The van der Waals surface area contributed by atoms with E-state index < -0.39 is 5.91 Å². The third-order valence-corrected chi connectivity index (χ3v) is 4.24. The summed E-state index contributed by atoms with van der Waals surface area (Å²) in [5.41, 5.74) is -0.0272. The van der Waals surface area contributed by atoms with E-state index >= 15 is 0 Å². The summed E-state index contributed by atoms with van der Waals surface area (Å²) in [5.74, 6) is 0.219. The van der Waals surface area contributed by atoms with Crippen molar-refractivity contribution in [2.45, 2.75) is 45.6 Å². The van der Waals surface area contributed by atoms with Gasteiger partial charge in [-0.15, -0.1) is 0 Å². The maximum absolute atomic E-state index is 12.3. The zero-order valence-electron chi connectivity index (χ0n) is 12.1. The largest absolute Gasteiger partial charge is 0.507 e. The molecule has 4 heteroatoms. The van der Waals surface area contributed by atoms with Crippen LogP contribution in [0.2, 0.25) is 0 Å². The second kappa shape index (κ2) is 6.16. The second-order valence-corrected chi connectivity index (χ2v) is 5.94. The molecule has 0 aromatic heterocycles. The first-order chi connectivity index (χ1) is 9.50. The number of aromatic hydroxyl groups is 2. The highest BCUT2D eigenvalue weighted by atomic mass is 16.3. The average molecular weight is 277 g/mol. The van der Waals surface area contributed by atoms with Crippen molar-refractivity contribution in [3.63, 3.8) is 0 Å². The zero-order valence-corrected chi connectivity index (χ0v) is 12.1. The van der Waals surface area contributed by atoms with Gasteiger partial charge in [0, 0.05) is 6.04 Å². The Balaban J connectivity index is 2.14. The minimum atomic E-state index is -0.391. The van der Waals surface area contributed by atoms with Crippen molar-refractivity contribution in [3.05, 3.63) is 23.8 Å². The van der Waals surface area contributed by atoms with Crippen LogP contribution in [-0.4, -0.2) is 22.2 Å². The van der Waals surface area contributed by atoms with Gasteiger partial charge in [-0.2, -0.15) is 0 Å². The van der Waals surface area contributed by atoms with Gasteiger partial charge >= 0.3 is 0 Å². The summed E-state index contributed by atoms with van der Waals surface area (Å²) in [4.78, 5) is 12.3. The Morgan fingerprint density at radius 2 is 1.80 bits per heavy atom. The summed E-state index contributed by atoms with van der Waals surface area (Å²) in [7, 11) is 0. The highest BCUT2D eigenvalue weighted by Crippen LogP contribution is 2.32. The van der Waals surface area contributed by atoms with Gasteiger partial charge in [0.05, 0.1) is 0 Å². The number of carbonyl (C=O) groups is 1. The molecule has 0 radical (unpaired) electrons. The quantitative estimate of drug-likeness (QED) is 0.795. The van der Waals surface area contributed by atoms with Crippen LogP contribution in [0.4, 0.5) is 0 Å². The smallest absolute Gasteiger partial charge is 0.259 e. The van der Waals surface area contributed by atoms with Crippen LogP contribution < -0.4 is 5.32 Å². The van der Waals surface area contributed by atoms with Crippen LogP contribution in [0.3, 0.4) is 0 Å². The van der Waals surface area contributed by atoms with Gasteiger partial charge in [0.1, 0.15) is 17.1 Å². The van der Waals surface area contributed by atoms with Crippen LogP contribution >= 0.6 is 0 Å². The van der Waals surface area contributed by atoms with Crippen molar-refractivity contribution in [2.75, 3.05) is 0 Å². The lowest BCUT2D eigenvalue weighted by atomic mass is 9.78. The number of amides is 1. The summed E-state index contributed by atoms with van der Waals surface area (Å²) < 4.78 is 0. The third-order valence-electron chi connectivity index (χ3n) is 4.24. The Morgan fingerprint density at radius 3 is 2.40 bits per heavy atom. The molecule has 1 aliphatic rings. The van der Waals surface area contributed by atoms with Crippen molar-refractivity contribution < 1.29 is 15.0 Å². The number of carbonyl (C=O) groups excluding carboxylic acids is 1. The standard InChI is InChI=1S/C16H23NO3/c1-10(2)11-6-3-4-7-12(11)17-16(20)15-13(18)8-5-9-14(15)19/h5,8-12,18-19H,3-4,6-7H2,1-2H3,(H,17,20). The molecule has 1 fully saturated rings. The molecule has 1 amide bonds. The summed E-state index contributed by atoms with van der Waals surface area (Å²) >= 11 is 0. The van der Waals surface area contributed by atoms with Crippen LogP contribution in [0.1, 0.15) is 49.9 Å². The summed E-state index contributed by atoms with van der Waals surface area (Å²) in [6, 6.07) is 4.46. The van der Waals surface area contributed by atoms with E-state index in [1.165, 1.54) is 24.6 Å². The number of phenolic OH excluding ortho intramolecular Hbond substituents is 2. The van der Waals surface area contributed by atoms with Crippen LogP contribution in [0, 0.1) is 11.8 Å². The molecule has 0 saturated heterocycles. The topological polar surface area (TPSA) is 69.6 Å². The molecule has 1 aromatic rings. The first kappa shape index (κ1) is 14.7. The maximum Gasteiger partial charge on any atom is 0.259 e. The van der Waals surface area contributed by atoms with Crippen molar-refractivity contribution in [2.24, 2.45) is 11.8 Å². The molecular formula is C16H23NO3. The number of phenols is 2. The van der Waals surface area contributed by atoms with E-state index in [1.54, 1.807) is 0 Å². The van der Waals surface area contributed by atoms with E-state index in [9.17, 15) is 15.0 Å². The molecule has 0 bridgehead atoms. The molecule has 4 nitrogen and oxygen atoms in total. The molecular weight excluding hydrogens is 254 g/mol. The van der Waals surface area contributed by atoms with Crippen LogP contribution in [0.5, 0.6) is 11.5 Å². The van der Waals surface area contributed by atoms with E-state index in [0.717, 1.165) is 19.3 Å². The molecule has 1 aliphatic carbocycles. The summed E-state index contributed by atoms with van der Waals surface area (Å²) in [5, 5.41) is 22.5. The van der Waals surface area contributed by atoms with Crippen LogP contribution in [0.15, 0.2) is 18.2 Å². The first-order valence-electron chi connectivity index (χ1n) is 7.32. The fraction of sp³-hybridized carbons (Fsp3) is 0.562. The molecule has 2 unspecified atom stereocenters. The number of nitrogens with one attached hydrogen (secondary N) is 1. The minimum Gasteiger partial charge on any atom is -0.507 e. The van der Waals surface area contributed by atoms with Crippen molar-refractivity contribution in [3.8, 4) is 11.5 Å². The van der Waals surface area contributed by atoms with E-state index in [-0.39, 0.29) is 23.1 Å². The van der Waals surface area contributed by atoms with E-state index in [4.69, 9.17) is 0 Å². The lowest BCUT2D eigenvalue weighted by molar-refractivity contribution is 0.0883. The Hall–Kier alpha value is -1.71. The van der Waals surface area contributed by atoms with Gasteiger partial charge in [0.2, 0.25) is 0 Å². The zero-order chi connectivity index (χ0) is 14.7. The van der Waals surface area contributed by atoms with Gasteiger partial charge in [0.15, 0.2) is 0 Å². The van der Waals surface area contributed by atoms with Crippen molar-refractivity contribution >= 4 is 5.91 Å². The highest BCUT2D eigenvalue weighted by Gasteiger charge is 2.30. The fourth-order valence-electron chi connectivity index (χ4n) is 3.14. The Bertz CT molecular complexity index is 464. The van der Waals surface area contributed by atoms with Gasteiger partial charge in [-0.1, -0.05) is 32.8 Å². The molecule has 2 atom stereocenters. The van der Waals surface area contributed by atoms with Gasteiger partial charge < -0.3 is 15.5 Å². The molecule has 0 heterocycles. The normalized spacial score (nSPS) is 22.8. The Morgan fingerprint density at radius 1 is 1.20 bits per heavy atom. The molecule has 20 heavy (non-hydrogen) atoms.